The molecule has 0 aromatic heterocycles. The first-order chi connectivity index (χ1) is 8.31. The van der Waals surface area contributed by atoms with Gasteiger partial charge >= 0.3 is 35.6 Å². The van der Waals surface area contributed by atoms with Gasteiger partial charge in [-0.05, 0) is 37.0 Å². The van der Waals surface area contributed by atoms with Gasteiger partial charge in [-0.3, -0.25) is 10.1 Å². The number of hydrogen-bond acceptors (Lipinski definition) is 3. The number of imide groups is 1. The van der Waals surface area contributed by atoms with E-state index in [1.807, 2.05) is 6.92 Å². The van der Waals surface area contributed by atoms with Crippen molar-refractivity contribution in [2.45, 2.75) is 47.0 Å². The van der Waals surface area contributed by atoms with Crippen molar-refractivity contribution in [2.75, 3.05) is 0 Å². The Balaban J connectivity index is 0.00000324. The van der Waals surface area contributed by atoms with Crippen molar-refractivity contribution in [3.8, 4) is 0 Å². The summed E-state index contributed by atoms with van der Waals surface area (Å²) in [5, 5.41) is 14.1. The average Bonchev–Trinajstić information content (AvgIpc) is 2.22. The Hall–Kier alpha value is -0.390. The van der Waals surface area contributed by atoms with Crippen molar-refractivity contribution in [3.05, 3.63) is 0 Å². The fraction of sp³-hybridized carbons (Fsp3) is 0.769. The van der Waals surface area contributed by atoms with Crippen molar-refractivity contribution in [1.82, 2.24) is 5.32 Å². The van der Waals surface area contributed by atoms with Gasteiger partial charge in [0.2, 0.25) is 5.91 Å². The zero-order chi connectivity index (χ0) is 13.9. The number of rotatable bonds is 5. The number of urea groups is 1. The van der Waals surface area contributed by atoms with E-state index in [0.717, 1.165) is 6.42 Å². The van der Waals surface area contributed by atoms with Crippen LogP contribution in [-0.2, 0) is 4.79 Å². The molecule has 6 heteroatoms. The minimum Gasteiger partial charge on any atom is -0.861 e. The van der Waals surface area contributed by atoms with Crippen LogP contribution in [0.3, 0.4) is 0 Å². The number of nitrogens with zero attached hydrogens (tertiary/aromatic N) is 1. The topological polar surface area (TPSA) is 81.6 Å². The van der Waals surface area contributed by atoms with E-state index in [-0.39, 0.29) is 35.5 Å². The minimum atomic E-state index is -1.15. The predicted octanol–water partition coefficient (Wildman–Crippen LogP) is -1.53. The van der Waals surface area contributed by atoms with Crippen LogP contribution in [0.5, 0.6) is 0 Å². The molecule has 0 fully saturated rings. The molecular weight excluding hydrogens is 255 g/mol. The van der Waals surface area contributed by atoms with Crippen LogP contribution in [0.25, 0.3) is 0 Å². The second kappa shape index (κ2) is 7.41. The summed E-state index contributed by atoms with van der Waals surface area (Å²) in [4.78, 5) is 26.4. The molecule has 0 saturated heterocycles. The van der Waals surface area contributed by atoms with Crippen LogP contribution in [0.15, 0.2) is 4.99 Å². The number of hydrogen-bond donors (Lipinski definition) is 1. The smallest absolute Gasteiger partial charge is 0.861 e. The van der Waals surface area contributed by atoms with Gasteiger partial charge in [0.05, 0.1) is 5.41 Å². The number of carbonyl (C=O) groups is 2. The summed E-state index contributed by atoms with van der Waals surface area (Å²) in [7, 11) is 0. The fourth-order valence-electron chi connectivity index (χ4n) is 2.66. The molecule has 102 valence electrons. The third kappa shape index (κ3) is 4.29. The monoisotopic (exact) mass is 276 g/mol. The van der Waals surface area contributed by atoms with Gasteiger partial charge in [0, 0.05) is 0 Å². The van der Waals surface area contributed by atoms with E-state index in [9.17, 15) is 14.7 Å². The van der Waals surface area contributed by atoms with E-state index in [1.54, 1.807) is 6.92 Å². The first-order valence-corrected chi connectivity index (χ1v) is 6.43. The SMILES string of the molecule is CCC1(CC(C)CC(C)C)C(=O)NC(=O)N=C1[O-].[Na+]. The van der Waals surface area contributed by atoms with Gasteiger partial charge in [-0.25, -0.2) is 9.79 Å². The van der Waals surface area contributed by atoms with Crippen molar-refractivity contribution < 1.29 is 44.3 Å². The second-order valence-corrected chi connectivity index (χ2v) is 5.55. The van der Waals surface area contributed by atoms with E-state index >= 15 is 0 Å². The Labute approximate surface area is 136 Å². The van der Waals surface area contributed by atoms with E-state index in [2.05, 4.69) is 24.2 Å². The first-order valence-electron chi connectivity index (χ1n) is 6.43. The summed E-state index contributed by atoms with van der Waals surface area (Å²) in [5.41, 5.74) is -1.15. The average molecular weight is 276 g/mol. The largest absolute Gasteiger partial charge is 1.00 e. The van der Waals surface area contributed by atoms with Crippen molar-refractivity contribution >= 4 is 17.8 Å². The number of aliphatic imine (C=N–C) groups is 1. The molecule has 2 atom stereocenters. The minimum absolute atomic E-state index is 0. The second-order valence-electron chi connectivity index (χ2n) is 5.55. The number of nitrogens with one attached hydrogen (secondary N) is 1. The molecule has 1 aliphatic rings. The molecule has 0 aliphatic carbocycles. The molecule has 1 rings (SSSR count). The van der Waals surface area contributed by atoms with Gasteiger partial charge in [-0.1, -0.05) is 27.7 Å². The molecule has 0 spiro atoms. The first kappa shape index (κ1) is 18.6. The van der Waals surface area contributed by atoms with Gasteiger partial charge in [-0.2, -0.15) is 0 Å². The summed E-state index contributed by atoms with van der Waals surface area (Å²) in [5.74, 6) is -0.336. The van der Waals surface area contributed by atoms with E-state index in [0.29, 0.717) is 18.8 Å². The summed E-state index contributed by atoms with van der Waals surface area (Å²) in [6.45, 7) is 8.01. The molecule has 1 aliphatic heterocycles. The maximum Gasteiger partial charge on any atom is 1.00 e. The number of carbonyl (C=O) groups excluding carboxylic acids is 2. The number of amides is 3. The molecule has 0 aromatic carbocycles. The van der Waals surface area contributed by atoms with Crippen molar-refractivity contribution in [2.24, 2.45) is 22.2 Å². The summed E-state index contributed by atoms with van der Waals surface area (Å²) in [6.07, 6.45) is 1.76. The molecule has 5 nitrogen and oxygen atoms in total. The van der Waals surface area contributed by atoms with E-state index in [4.69, 9.17) is 0 Å². The van der Waals surface area contributed by atoms with Gasteiger partial charge < -0.3 is 5.11 Å². The van der Waals surface area contributed by atoms with E-state index in [1.165, 1.54) is 0 Å². The molecule has 0 radical (unpaired) electrons. The zero-order valence-electron chi connectivity index (χ0n) is 12.4. The molecule has 0 aromatic rings. The van der Waals surface area contributed by atoms with Gasteiger partial charge in [0.15, 0.2) is 0 Å². The quantitative estimate of drug-likeness (QED) is 0.618. The van der Waals surface area contributed by atoms with Crippen LogP contribution in [0.2, 0.25) is 0 Å². The summed E-state index contributed by atoms with van der Waals surface area (Å²) < 4.78 is 0. The van der Waals surface area contributed by atoms with Crippen molar-refractivity contribution in [1.29, 1.82) is 0 Å². The van der Waals surface area contributed by atoms with Crippen LogP contribution in [-0.4, -0.2) is 17.8 Å². The van der Waals surface area contributed by atoms with Crippen LogP contribution >= 0.6 is 0 Å². The predicted molar refractivity (Wildman–Crippen MR) is 66.9 cm³/mol. The Bertz CT molecular complexity index is 382. The molecule has 0 bridgehead atoms. The van der Waals surface area contributed by atoms with Gasteiger partial charge in [0.25, 0.3) is 0 Å². The Morgan fingerprint density at radius 3 is 2.32 bits per heavy atom. The van der Waals surface area contributed by atoms with Crippen LogP contribution < -0.4 is 40.0 Å². The molecular formula is C13H21N2NaO3. The zero-order valence-corrected chi connectivity index (χ0v) is 14.4. The summed E-state index contributed by atoms with van der Waals surface area (Å²) in [6, 6.07) is -0.842. The maximum atomic E-state index is 12.0. The Morgan fingerprint density at radius 1 is 1.32 bits per heavy atom. The van der Waals surface area contributed by atoms with Crippen LogP contribution in [0, 0.1) is 17.3 Å². The molecule has 3 amide bonds. The Kier molecular flexibility index (Phi) is 7.26. The van der Waals surface area contributed by atoms with Gasteiger partial charge in [-0.15, -0.1) is 0 Å². The Morgan fingerprint density at radius 2 is 1.89 bits per heavy atom. The third-order valence-corrected chi connectivity index (χ3v) is 3.44. The standard InChI is InChI=1S/C13H22N2O3.Na/c1-5-13(7-9(4)6-8(2)3)10(16)14-12(18)15-11(13)17;/h8-9H,5-7H2,1-4H3,(H2,14,15,16,17,18);/q;+1/p-1. The molecule has 2 unspecified atom stereocenters. The molecule has 19 heavy (non-hydrogen) atoms. The van der Waals surface area contributed by atoms with E-state index < -0.39 is 23.3 Å². The normalized spacial score (nSPS) is 24.6. The molecule has 0 saturated carbocycles. The molecule has 1 heterocycles. The van der Waals surface area contributed by atoms with Crippen LogP contribution in [0.4, 0.5) is 4.79 Å². The van der Waals surface area contributed by atoms with Crippen LogP contribution in [0.1, 0.15) is 47.0 Å². The summed E-state index contributed by atoms with van der Waals surface area (Å²) >= 11 is 0. The molecule has 1 N–H and O–H groups in total. The fourth-order valence-corrected chi connectivity index (χ4v) is 2.66. The van der Waals surface area contributed by atoms with Crippen molar-refractivity contribution in [3.63, 3.8) is 0 Å². The van der Waals surface area contributed by atoms with Gasteiger partial charge in [0.1, 0.15) is 0 Å². The maximum absolute atomic E-state index is 12.0. The third-order valence-electron chi connectivity index (χ3n) is 3.44.